The van der Waals surface area contributed by atoms with E-state index in [2.05, 4.69) is 29.1 Å². The number of hydrogen-bond donors (Lipinski definition) is 1. The summed E-state index contributed by atoms with van der Waals surface area (Å²) in [4.78, 5) is 21.2. The van der Waals surface area contributed by atoms with Crippen LogP contribution in [0.25, 0.3) is 11.0 Å². The van der Waals surface area contributed by atoms with E-state index in [0.29, 0.717) is 22.9 Å². The Balaban J connectivity index is 1.93. The molecule has 0 aliphatic heterocycles. The quantitative estimate of drug-likeness (QED) is 0.729. The third-order valence-corrected chi connectivity index (χ3v) is 3.98. The van der Waals surface area contributed by atoms with Gasteiger partial charge in [0.2, 0.25) is 5.95 Å². The van der Waals surface area contributed by atoms with Crippen LogP contribution in [0, 0.1) is 11.7 Å². The molecule has 0 radical (unpaired) electrons. The summed E-state index contributed by atoms with van der Waals surface area (Å²) in [6.07, 6.45) is 2.61. The summed E-state index contributed by atoms with van der Waals surface area (Å²) in [6.45, 7) is 5.04. The van der Waals surface area contributed by atoms with E-state index in [9.17, 15) is 9.18 Å². The predicted octanol–water partition coefficient (Wildman–Crippen LogP) is 3.72. The fraction of sp³-hybridized carbons (Fsp3) is 0.316. The third kappa shape index (κ3) is 3.82. The van der Waals surface area contributed by atoms with E-state index >= 15 is 0 Å². The molecule has 3 rings (SSSR count). The summed E-state index contributed by atoms with van der Waals surface area (Å²) in [5, 5.41) is 3.79. The number of pyridine rings is 1. The lowest BCUT2D eigenvalue weighted by atomic mass is 10.1. The van der Waals surface area contributed by atoms with E-state index in [4.69, 9.17) is 4.74 Å². The maximum atomic E-state index is 13.8. The molecule has 1 aromatic carbocycles. The smallest absolute Gasteiger partial charge is 0.294 e. The molecule has 0 atom stereocenters. The van der Waals surface area contributed by atoms with E-state index in [-0.39, 0.29) is 11.5 Å². The molecule has 0 spiro atoms. The molecule has 0 unspecified atom stereocenters. The van der Waals surface area contributed by atoms with Crippen LogP contribution in [0.15, 0.2) is 41.3 Å². The first-order chi connectivity index (χ1) is 12.5. The van der Waals surface area contributed by atoms with Crippen LogP contribution in [0.3, 0.4) is 0 Å². The van der Waals surface area contributed by atoms with Gasteiger partial charge in [0.25, 0.3) is 5.56 Å². The number of para-hydroxylation sites is 1. The highest BCUT2D eigenvalue weighted by atomic mass is 19.1. The topological polar surface area (TPSA) is 69.0 Å². The van der Waals surface area contributed by atoms with Gasteiger partial charge < -0.3 is 10.1 Å². The van der Waals surface area contributed by atoms with Crippen molar-refractivity contribution in [1.29, 1.82) is 0 Å². The Morgan fingerprint density at radius 1 is 1.27 bits per heavy atom. The number of aryl methyl sites for hydroxylation is 1. The fourth-order valence-corrected chi connectivity index (χ4v) is 2.49. The zero-order chi connectivity index (χ0) is 18.7. The fourth-order valence-electron chi connectivity index (χ4n) is 2.49. The van der Waals surface area contributed by atoms with Crippen LogP contribution >= 0.6 is 0 Å². The van der Waals surface area contributed by atoms with Crippen molar-refractivity contribution in [3.05, 3.63) is 52.7 Å². The van der Waals surface area contributed by atoms with Gasteiger partial charge >= 0.3 is 0 Å². The molecule has 26 heavy (non-hydrogen) atoms. The molecule has 0 saturated carbocycles. The maximum Gasteiger partial charge on any atom is 0.294 e. The predicted molar refractivity (Wildman–Crippen MR) is 99.2 cm³/mol. The Bertz CT molecular complexity index is 985. The van der Waals surface area contributed by atoms with Crippen LogP contribution in [-0.4, -0.2) is 21.1 Å². The van der Waals surface area contributed by atoms with Gasteiger partial charge in [0.1, 0.15) is 5.65 Å². The van der Waals surface area contributed by atoms with Gasteiger partial charge in [-0.05, 0) is 30.5 Å². The normalized spacial score (nSPS) is 11.1. The van der Waals surface area contributed by atoms with E-state index in [0.717, 1.165) is 13.0 Å². The van der Waals surface area contributed by atoms with E-state index in [1.807, 2.05) is 0 Å². The Morgan fingerprint density at radius 3 is 2.77 bits per heavy atom. The summed E-state index contributed by atoms with van der Waals surface area (Å²) in [7, 11) is 1.60. The molecule has 7 heteroatoms. The van der Waals surface area contributed by atoms with Crippen LogP contribution < -0.4 is 15.6 Å². The van der Waals surface area contributed by atoms with Crippen LogP contribution in [-0.2, 0) is 7.05 Å². The molecule has 0 aliphatic carbocycles. The number of hydrogen-bond acceptors (Lipinski definition) is 5. The molecule has 6 nitrogen and oxygen atoms in total. The Labute approximate surface area is 150 Å². The average molecular weight is 356 g/mol. The SMILES string of the molecule is CC(C)CCNc1ncc2cc(Oc3ccccc3F)c(=O)n(C)c2n1. The molecule has 3 aromatic rings. The Morgan fingerprint density at radius 2 is 2.04 bits per heavy atom. The number of rotatable bonds is 6. The minimum atomic E-state index is -0.532. The van der Waals surface area contributed by atoms with Crippen LogP contribution in [0.1, 0.15) is 20.3 Å². The molecule has 0 amide bonds. The van der Waals surface area contributed by atoms with Gasteiger partial charge in [-0.2, -0.15) is 4.98 Å². The molecule has 0 saturated heterocycles. The van der Waals surface area contributed by atoms with Crippen molar-refractivity contribution in [1.82, 2.24) is 14.5 Å². The number of benzene rings is 1. The lowest BCUT2D eigenvalue weighted by Gasteiger charge is -2.11. The number of aromatic nitrogens is 3. The van der Waals surface area contributed by atoms with Gasteiger partial charge in [0.05, 0.1) is 0 Å². The van der Waals surface area contributed by atoms with Crippen molar-refractivity contribution in [2.24, 2.45) is 13.0 Å². The number of ether oxygens (including phenoxy) is 1. The molecule has 0 bridgehead atoms. The zero-order valence-corrected chi connectivity index (χ0v) is 15.0. The lowest BCUT2D eigenvalue weighted by molar-refractivity contribution is 0.434. The second-order valence-electron chi connectivity index (χ2n) is 6.49. The van der Waals surface area contributed by atoms with Crippen molar-refractivity contribution in [2.45, 2.75) is 20.3 Å². The highest BCUT2D eigenvalue weighted by Gasteiger charge is 2.13. The summed E-state index contributed by atoms with van der Waals surface area (Å²) in [6, 6.07) is 7.47. The standard InChI is InChI=1S/C19H21FN4O2/c1-12(2)8-9-21-19-22-11-13-10-16(18(25)24(3)17(13)23-19)26-15-7-5-4-6-14(15)20/h4-7,10-12H,8-9H2,1-3H3,(H,21,22,23). The van der Waals surface area contributed by atoms with Crippen molar-refractivity contribution in [3.63, 3.8) is 0 Å². The molecular formula is C19H21FN4O2. The zero-order valence-electron chi connectivity index (χ0n) is 15.0. The summed E-state index contributed by atoms with van der Waals surface area (Å²) in [5.41, 5.74) is 0.0884. The second-order valence-corrected chi connectivity index (χ2v) is 6.49. The molecule has 2 heterocycles. The van der Waals surface area contributed by atoms with Crippen LogP contribution in [0.2, 0.25) is 0 Å². The first kappa shape index (κ1) is 17.8. The van der Waals surface area contributed by atoms with Crippen molar-refractivity contribution in [3.8, 4) is 11.5 Å². The van der Waals surface area contributed by atoms with E-state index < -0.39 is 11.4 Å². The van der Waals surface area contributed by atoms with Gasteiger partial charge in [-0.25, -0.2) is 9.37 Å². The van der Waals surface area contributed by atoms with Gasteiger partial charge in [0.15, 0.2) is 17.3 Å². The summed E-state index contributed by atoms with van der Waals surface area (Å²) in [5.74, 6) is 0.531. The van der Waals surface area contributed by atoms with Crippen LogP contribution in [0.4, 0.5) is 10.3 Å². The van der Waals surface area contributed by atoms with E-state index in [1.54, 1.807) is 25.4 Å². The largest absolute Gasteiger partial charge is 0.448 e. The number of nitrogens with one attached hydrogen (secondary N) is 1. The molecule has 1 N–H and O–H groups in total. The van der Waals surface area contributed by atoms with Crippen LogP contribution in [0.5, 0.6) is 11.5 Å². The highest BCUT2D eigenvalue weighted by Crippen LogP contribution is 2.24. The molecule has 136 valence electrons. The van der Waals surface area contributed by atoms with Crippen molar-refractivity contribution < 1.29 is 9.13 Å². The summed E-state index contributed by atoms with van der Waals surface area (Å²) >= 11 is 0. The number of fused-ring (bicyclic) bond motifs is 1. The molecule has 2 aromatic heterocycles. The monoisotopic (exact) mass is 356 g/mol. The highest BCUT2D eigenvalue weighted by molar-refractivity contribution is 5.76. The average Bonchev–Trinajstić information content (AvgIpc) is 2.61. The minimum Gasteiger partial charge on any atom is -0.448 e. The maximum absolute atomic E-state index is 13.8. The molecular weight excluding hydrogens is 335 g/mol. The molecule has 0 fully saturated rings. The molecule has 0 aliphatic rings. The second kappa shape index (κ2) is 7.51. The minimum absolute atomic E-state index is 0.00293. The van der Waals surface area contributed by atoms with Crippen molar-refractivity contribution >= 4 is 17.0 Å². The van der Waals surface area contributed by atoms with Gasteiger partial charge in [-0.1, -0.05) is 26.0 Å². The number of halogens is 1. The third-order valence-electron chi connectivity index (χ3n) is 3.98. The Hall–Kier alpha value is -2.96. The van der Waals surface area contributed by atoms with Gasteiger partial charge in [0, 0.05) is 25.2 Å². The lowest BCUT2D eigenvalue weighted by Crippen LogP contribution is -2.20. The van der Waals surface area contributed by atoms with Crippen molar-refractivity contribution in [2.75, 3.05) is 11.9 Å². The van der Waals surface area contributed by atoms with Gasteiger partial charge in [-0.3, -0.25) is 9.36 Å². The van der Waals surface area contributed by atoms with E-state index in [1.165, 1.54) is 22.8 Å². The Kier molecular flexibility index (Phi) is 5.16. The number of anilines is 1. The summed E-state index contributed by atoms with van der Waals surface area (Å²) < 4.78 is 20.6. The number of nitrogens with zero attached hydrogens (tertiary/aromatic N) is 3. The first-order valence-corrected chi connectivity index (χ1v) is 8.48. The first-order valence-electron chi connectivity index (χ1n) is 8.48. The van der Waals surface area contributed by atoms with Gasteiger partial charge in [-0.15, -0.1) is 0 Å².